The monoisotopic (exact) mass is 930 g/mol. The van der Waals surface area contributed by atoms with Gasteiger partial charge in [-0.1, -0.05) is 54.6 Å². The van der Waals surface area contributed by atoms with E-state index in [1.165, 1.54) is 42.0 Å². The highest BCUT2D eigenvalue weighted by Crippen LogP contribution is 2.46. The van der Waals surface area contributed by atoms with E-state index in [0.717, 1.165) is 94.4 Å². The third kappa shape index (κ3) is 9.92. The molecule has 3 aliphatic carbocycles. The first-order valence-electron chi connectivity index (χ1n) is 23.8. The van der Waals surface area contributed by atoms with E-state index in [4.69, 9.17) is 14.7 Å². The van der Waals surface area contributed by atoms with Gasteiger partial charge in [0.1, 0.15) is 0 Å². The van der Waals surface area contributed by atoms with Gasteiger partial charge in [-0.25, -0.2) is 15.1 Å². The quantitative estimate of drug-likeness (QED) is 0.0914. The number of ether oxygens (including phenoxy) is 2. The van der Waals surface area contributed by atoms with Gasteiger partial charge in [-0.3, -0.25) is 24.4 Å². The number of rotatable bonds is 5. The molecule has 0 bridgehead atoms. The van der Waals surface area contributed by atoms with Gasteiger partial charge >= 0.3 is 11.9 Å². The Morgan fingerprint density at radius 3 is 1.33 bits per heavy atom. The summed E-state index contributed by atoms with van der Waals surface area (Å²) in [6.07, 6.45) is 10.0. The Hall–Kier alpha value is -7.12. The van der Waals surface area contributed by atoms with Gasteiger partial charge in [0.25, 0.3) is 5.91 Å². The number of aryl methyl sites for hydroxylation is 3. The highest BCUT2D eigenvalue weighted by molar-refractivity contribution is 5.97. The molecule has 13 nitrogen and oxygen atoms in total. The van der Waals surface area contributed by atoms with Gasteiger partial charge < -0.3 is 24.6 Å². The second-order valence-electron chi connectivity index (χ2n) is 19.8. The molecule has 11 rings (SSSR count). The summed E-state index contributed by atoms with van der Waals surface area (Å²) in [4.78, 5) is 75.3. The lowest BCUT2D eigenvalue weighted by molar-refractivity contribution is -0.120. The Morgan fingerprint density at radius 1 is 0.522 bits per heavy atom. The van der Waals surface area contributed by atoms with Gasteiger partial charge in [0.05, 0.1) is 25.3 Å². The zero-order valence-electron chi connectivity index (χ0n) is 39.2. The average Bonchev–Trinajstić information content (AvgIpc) is 4.03. The van der Waals surface area contributed by atoms with Crippen molar-refractivity contribution in [2.45, 2.75) is 77.0 Å². The Morgan fingerprint density at radius 2 is 0.928 bits per heavy atom. The van der Waals surface area contributed by atoms with Crippen LogP contribution in [0.1, 0.15) is 103 Å². The Labute approximate surface area is 402 Å². The van der Waals surface area contributed by atoms with Crippen LogP contribution in [0.2, 0.25) is 0 Å². The number of carbonyl (C=O) groups excluding carboxylic acids is 6. The molecule has 3 atom stereocenters. The average molecular weight is 931 g/mol. The molecule has 4 amide bonds. The van der Waals surface area contributed by atoms with Gasteiger partial charge in [-0.15, -0.1) is 0 Å². The van der Waals surface area contributed by atoms with Gasteiger partial charge in [0, 0.05) is 72.1 Å². The zero-order chi connectivity index (χ0) is 48.3. The van der Waals surface area contributed by atoms with Crippen molar-refractivity contribution in [2.24, 2.45) is 16.2 Å². The molecule has 5 aromatic rings. The van der Waals surface area contributed by atoms with E-state index in [-0.39, 0.29) is 45.9 Å². The number of hydrogen-bond acceptors (Lipinski definition) is 9. The SMILES string of the molecule is COC(=O)c1ccc2c(c1)CCC1(CC(=O)N(c3ccccc3)C1)C2.COC(=O)c1ccc2c(c1)CCC1(CNC(=O)C1)C2.O=C(NO)c1ccc2c(c1)CCC1(CC(=O)N(c3ccccc3)C1)C2. The summed E-state index contributed by atoms with van der Waals surface area (Å²) in [7, 11) is 2.80. The van der Waals surface area contributed by atoms with Crippen molar-refractivity contribution in [3.05, 3.63) is 165 Å². The standard InChI is InChI=1S/C21H21NO3.C20H20N2O3.C15H17NO3/c1-25-20(24)16-7-8-17-12-21(10-9-15(17)11-16)13-19(23)22(14-21)18-5-3-2-4-6-18;23-18-12-20(13-22(18)17-4-2-1-3-5-17)9-8-14-10-15(19(24)21-25)6-7-16(14)11-20;1-19-14(18)11-2-3-12-7-15(5-4-10(12)6-11)8-13(17)16-9-15/h2-8,11H,9-10,12-14H2,1H3;1-7,10,25H,8-9,11-13H2,(H,21,24);2-3,6H,4-5,7-9H2,1H3,(H,16,17). The predicted octanol–water partition coefficient (Wildman–Crippen LogP) is 7.57. The molecule has 5 aromatic carbocycles. The zero-order valence-corrected chi connectivity index (χ0v) is 39.2. The molecule has 3 saturated heterocycles. The lowest BCUT2D eigenvalue weighted by Gasteiger charge is -2.34. The first-order valence-corrected chi connectivity index (χ1v) is 23.8. The van der Waals surface area contributed by atoms with Gasteiger partial charge in [-0.2, -0.15) is 0 Å². The fraction of sp³-hybridized carbons (Fsp3) is 0.357. The Balaban J connectivity index is 0.000000130. The maximum Gasteiger partial charge on any atom is 0.337 e. The molecule has 3 heterocycles. The minimum absolute atomic E-state index is 0.00665. The van der Waals surface area contributed by atoms with Crippen molar-refractivity contribution >= 4 is 46.9 Å². The molecule has 3 N–H and O–H groups in total. The predicted molar refractivity (Wildman–Crippen MR) is 259 cm³/mol. The molecule has 3 fully saturated rings. The molecular formula is C56H58N4O9. The summed E-state index contributed by atoms with van der Waals surface area (Å²) in [5, 5.41) is 11.7. The first-order chi connectivity index (χ1) is 33.3. The molecule has 0 radical (unpaired) electrons. The van der Waals surface area contributed by atoms with Gasteiger partial charge in [0.2, 0.25) is 17.7 Å². The van der Waals surface area contributed by atoms with Crippen LogP contribution < -0.4 is 20.6 Å². The van der Waals surface area contributed by atoms with Crippen molar-refractivity contribution in [3.8, 4) is 0 Å². The molecule has 0 saturated carbocycles. The third-order valence-corrected chi connectivity index (χ3v) is 15.3. The number of hydroxylamine groups is 1. The molecular weight excluding hydrogens is 873 g/mol. The highest BCUT2D eigenvalue weighted by Gasteiger charge is 2.47. The molecule has 3 aliphatic heterocycles. The van der Waals surface area contributed by atoms with Gasteiger partial charge in [0.15, 0.2) is 0 Å². The number of carbonyl (C=O) groups is 6. The second kappa shape index (κ2) is 19.5. The number of nitrogens with zero attached hydrogens (tertiary/aromatic N) is 2. The van der Waals surface area contributed by atoms with Crippen molar-refractivity contribution in [1.29, 1.82) is 0 Å². The highest BCUT2D eigenvalue weighted by atomic mass is 16.5. The number of methoxy groups -OCH3 is 2. The van der Waals surface area contributed by atoms with Crippen LogP contribution in [-0.4, -0.2) is 74.6 Å². The molecule has 3 spiro atoms. The summed E-state index contributed by atoms with van der Waals surface area (Å²) >= 11 is 0. The van der Waals surface area contributed by atoms with Gasteiger partial charge in [-0.05, 0) is 152 Å². The van der Waals surface area contributed by atoms with Crippen molar-refractivity contribution in [2.75, 3.05) is 43.7 Å². The fourth-order valence-corrected chi connectivity index (χ4v) is 11.6. The molecule has 0 aromatic heterocycles. The van der Waals surface area contributed by atoms with E-state index >= 15 is 0 Å². The van der Waals surface area contributed by atoms with E-state index in [0.29, 0.717) is 36.0 Å². The molecule has 3 unspecified atom stereocenters. The number of para-hydroxylation sites is 2. The van der Waals surface area contributed by atoms with Crippen LogP contribution in [0.3, 0.4) is 0 Å². The van der Waals surface area contributed by atoms with E-state index in [1.54, 1.807) is 11.5 Å². The first kappa shape index (κ1) is 47.0. The van der Waals surface area contributed by atoms with Crippen LogP contribution in [0.4, 0.5) is 11.4 Å². The summed E-state index contributed by atoms with van der Waals surface area (Å²) in [5.41, 5.74) is 12.6. The Kier molecular flexibility index (Phi) is 13.3. The van der Waals surface area contributed by atoms with Crippen molar-refractivity contribution in [3.63, 3.8) is 0 Å². The number of anilines is 2. The smallest absolute Gasteiger partial charge is 0.337 e. The molecule has 69 heavy (non-hydrogen) atoms. The van der Waals surface area contributed by atoms with E-state index < -0.39 is 5.91 Å². The van der Waals surface area contributed by atoms with Crippen molar-refractivity contribution < 1.29 is 43.4 Å². The summed E-state index contributed by atoms with van der Waals surface area (Å²) in [6.45, 7) is 2.30. The summed E-state index contributed by atoms with van der Waals surface area (Å²) in [5.74, 6) is -0.522. The van der Waals surface area contributed by atoms with Crippen LogP contribution in [0.15, 0.2) is 115 Å². The number of nitrogens with one attached hydrogen (secondary N) is 2. The maximum absolute atomic E-state index is 12.6. The van der Waals surface area contributed by atoms with E-state index in [2.05, 4.69) is 5.32 Å². The Bertz CT molecular complexity index is 2670. The number of esters is 2. The number of amides is 4. The van der Waals surface area contributed by atoms with Crippen LogP contribution in [-0.2, 0) is 62.4 Å². The normalized spacial score (nSPS) is 22.9. The molecule has 6 aliphatic rings. The second-order valence-corrected chi connectivity index (χ2v) is 19.8. The van der Waals surface area contributed by atoms with Crippen LogP contribution in [0.5, 0.6) is 0 Å². The molecule has 356 valence electrons. The number of benzene rings is 5. The third-order valence-electron chi connectivity index (χ3n) is 15.3. The van der Waals surface area contributed by atoms with Crippen LogP contribution >= 0.6 is 0 Å². The summed E-state index contributed by atoms with van der Waals surface area (Å²) < 4.78 is 9.55. The number of hydrogen-bond donors (Lipinski definition) is 3. The molecule has 13 heteroatoms. The number of fused-ring (bicyclic) bond motifs is 3. The van der Waals surface area contributed by atoms with E-state index in [1.807, 2.05) is 119 Å². The lowest BCUT2D eigenvalue weighted by Crippen LogP contribution is -2.33. The van der Waals surface area contributed by atoms with E-state index in [9.17, 15) is 28.8 Å². The van der Waals surface area contributed by atoms with Crippen molar-refractivity contribution in [1.82, 2.24) is 10.8 Å². The lowest BCUT2D eigenvalue weighted by atomic mass is 9.70. The van der Waals surface area contributed by atoms with Crippen LogP contribution in [0, 0.1) is 16.2 Å². The topological polar surface area (TPSA) is 172 Å². The minimum atomic E-state index is -0.491. The maximum atomic E-state index is 12.6. The fourth-order valence-electron chi connectivity index (χ4n) is 11.6. The summed E-state index contributed by atoms with van der Waals surface area (Å²) in [6, 6.07) is 36.8. The largest absolute Gasteiger partial charge is 0.465 e. The van der Waals surface area contributed by atoms with Crippen LogP contribution in [0.25, 0.3) is 0 Å². The minimum Gasteiger partial charge on any atom is -0.465 e.